The van der Waals surface area contributed by atoms with E-state index in [-0.39, 0.29) is 19.3 Å². The Balaban J connectivity index is 1.50. The summed E-state index contributed by atoms with van der Waals surface area (Å²) in [6.07, 6.45) is 5.95. The number of nitrogens with one attached hydrogen (secondary N) is 1. The van der Waals surface area contributed by atoms with Crippen molar-refractivity contribution in [2.24, 2.45) is 0 Å². The third kappa shape index (κ3) is 3.97. The summed E-state index contributed by atoms with van der Waals surface area (Å²) in [5.41, 5.74) is 8.43. The summed E-state index contributed by atoms with van der Waals surface area (Å²) in [5, 5.41) is 20.3. The summed E-state index contributed by atoms with van der Waals surface area (Å²) < 4.78 is 2.11. The van der Waals surface area contributed by atoms with E-state index in [4.69, 9.17) is 0 Å². The van der Waals surface area contributed by atoms with Crippen LogP contribution in [-0.2, 0) is 0 Å². The SMILES string of the molecule is Cc1cc(-c2[nH]c3ccc(C4CCN(C(CO)CO)CC4)cc3c2C(C)C)cc2nccn12. The lowest BCUT2D eigenvalue weighted by atomic mass is 9.87. The zero-order chi connectivity index (χ0) is 23.1. The number of aromatic nitrogens is 3. The van der Waals surface area contributed by atoms with Gasteiger partial charge in [-0.3, -0.25) is 4.90 Å². The Bertz CT molecular complexity index is 1260. The molecule has 1 saturated heterocycles. The molecule has 0 radical (unpaired) electrons. The molecular formula is C27H34N4O2. The Kier molecular flexibility index (Phi) is 5.99. The Morgan fingerprint density at radius 3 is 2.55 bits per heavy atom. The van der Waals surface area contributed by atoms with Gasteiger partial charge in [-0.15, -0.1) is 0 Å². The molecular weight excluding hydrogens is 412 g/mol. The van der Waals surface area contributed by atoms with Gasteiger partial charge in [-0.05, 0) is 80.1 Å². The summed E-state index contributed by atoms with van der Waals surface area (Å²) in [6.45, 7) is 8.51. The van der Waals surface area contributed by atoms with Gasteiger partial charge < -0.3 is 19.6 Å². The molecule has 0 unspecified atom stereocenters. The Morgan fingerprint density at radius 1 is 1.09 bits per heavy atom. The highest BCUT2D eigenvalue weighted by molar-refractivity contribution is 5.92. The monoisotopic (exact) mass is 446 g/mol. The minimum absolute atomic E-state index is 0.0149. The van der Waals surface area contributed by atoms with Crippen LogP contribution in [0.4, 0.5) is 0 Å². The van der Waals surface area contributed by atoms with Gasteiger partial charge in [-0.25, -0.2) is 4.98 Å². The highest BCUT2D eigenvalue weighted by Gasteiger charge is 2.26. The number of nitrogens with zero attached hydrogens (tertiary/aromatic N) is 3. The van der Waals surface area contributed by atoms with Gasteiger partial charge in [-0.2, -0.15) is 0 Å². The third-order valence-corrected chi connectivity index (χ3v) is 7.37. The van der Waals surface area contributed by atoms with E-state index in [9.17, 15) is 10.2 Å². The van der Waals surface area contributed by atoms with Crippen LogP contribution in [0.2, 0.25) is 0 Å². The van der Waals surface area contributed by atoms with E-state index in [1.807, 2.05) is 12.4 Å². The van der Waals surface area contributed by atoms with Crippen molar-refractivity contribution in [1.29, 1.82) is 0 Å². The van der Waals surface area contributed by atoms with Crippen molar-refractivity contribution in [3.8, 4) is 11.3 Å². The van der Waals surface area contributed by atoms with Gasteiger partial charge in [0.15, 0.2) is 0 Å². The molecule has 6 nitrogen and oxygen atoms in total. The van der Waals surface area contributed by atoms with E-state index < -0.39 is 0 Å². The molecule has 174 valence electrons. The number of H-pyrrole nitrogens is 1. The van der Waals surface area contributed by atoms with Crippen molar-refractivity contribution in [3.63, 3.8) is 0 Å². The number of piperidine rings is 1. The number of fused-ring (bicyclic) bond motifs is 2. The second-order valence-electron chi connectivity index (χ2n) is 9.74. The van der Waals surface area contributed by atoms with Gasteiger partial charge >= 0.3 is 0 Å². The molecule has 1 fully saturated rings. The minimum atomic E-state index is -0.135. The highest BCUT2D eigenvalue weighted by Crippen LogP contribution is 2.38. The van der Waals surface area contributed by atoms with Gasteiger partial charge in [-0.1, -0.05) is 19.9 Å². The van der Waals surface area contributed by atoms with Crippen molar-refractivity contribution in [2.75, 3.05) is 26.3 Å². The van der Waals surface area contributed by atoms with Gasteiger partial charge in [0.1, 0.15) is 5.65 Å². The lowest BCUT2D eigenvalue weighted by Crippen LogP contribution is -2.44. The van der Waals surface area contributed by atoms with E-state index >= 15 is 0 Å². The van der Waals surface area contributed by atoms with Crippen molar-refractivity contribution < 1.29 is 10.2 Å². The first-order valence-corrected chi connectivity index (χ1v) is 12.1. The van der Waals surface area contributed by atoms with Crippen LogP contribution in [0.1, 0.15) is 55.3 Å². The van der Waals surface area contributed by atoms with Crippen LogP contribution in [0.5, 0.6) is 0 Å². The highest BCUT2D eigenvalue weighted by atomic mass is 16.3. The fourth-order valence-corrected chi connectivity index (χ4v) is 5.54. The molecule has 0 atom stereocenters. The number of hydrogen-bond donors (Lipinski definition) is 3. The number of benzene rings is 1. The Hall–Kier alpha value is -2.67. The number of rotatable bonds is 6. The summed E-state index contributed by atoms with van der Waals surface area (Å²) in [4.78, 5) is 10.4. The van der Waals surface area contributed by atoms with E-state index in [1.54, 1.807) is 0 Å². The molecule has 0 saturated carbocycles. The van der Waals surface area contributed by atoms with Crippen LogP contribution in [0.3, 0.4) is 0 Å². The lowest BCUT2D eigenvalue weighted by molar-refractivity contribution is 0.0570. The van der Waals surface area contributed by atoms with E-state index in [0.717, 1.165) is 31.6 Å². The first-order chi connectivity index (χ1) is 16.0. The molecule has 1 aromatic carbocycles. The van der Waals surface area contributed by atoms with Crippen molar-refractivity contribution >= 4 is 16.6 Å². The van der Waals surface area contributed by atoms with E-state index in [2.05, 4.69) is 70.4 Å². The van der Waals surface area contributed by atoms with Crippen LogP contribution < -0.4 is 0 Å². The standard InChI is InChI=1S/C27H34N4O2/c1-17(2)26-23-13-20(19-6-9-30(10-7-19)22(15-32)16-33)4-5-24(23)29-27(26)21-12-18(3)31-11-8-28-25(31)14-21/h4-5,8,11-14,17,19,22,29,32-33H,6-7,9-10,15-16H2,1-3H3. The Labute approximate surface area is 194 Å². The predicted octanol–water partition coefficient (Wildman–Crippen LogP) is 4.45. The largest absolute Gasteiger partial charge is 0.395 e. The zero-order valence-corrected chi connectivity index (χ0v) is 19.8. The fourth-order valence-electron chi connectivity index (χ4n) is 5.54. The van der Waals surface area contributed by atoms with Crippen LogP contribution in [0.25, 0.3) is 27.8 Å². The maximum Gasteiger partial charge on any atom is 0.137 e. The Morgan fingerprint density at radius 2 is 1.85 bits per heavy atom. The average Bonchev–Trinajstić information content (AvgIpc) is 3.45. The van der Waals surface area contributed by atoms with Crippen molar-refractivity contribution in [1.82, 2.24) is 19.3 Å². The second kappa shape index (κ2) is 8.93. The molecule has 5 rings (SSSR count). The van der Waals surface area contributed by atoms with Gasteiger partial charge in [0.25, 0.3) is 0 Å². The smallest absolute Gasteiger partial charge is 0.137 e. The molecule has 0 aliphatic carbocycles. The lowest BCUT2D eigenvalue weighted by Gasteiger charge is -2.36. The molecule has 3 aromatic heterocycles. The number of likely N-dealkylation sites (tertiary alicyclic amines) is 1. The van der Waals surface area contributed by atoms with E-state index in [1.165, 1.54) is 39.0 Å². The summed E-state index contributed by atoms with van der Waals surface area (Å²) in [6, 6.07) is 11.2. The molecule has 4 heterocycles. The maximum atomic E-state index is 9.51. The number of imidazole rings is 1. The first kappa shape index (κ1) is 22.1. The molecule has 4 aromatic rings. The summed E-state index contributed by atoms with van der Waals surface area (Å²) in [5.74, 6) is 0.891. The zero-order valence-electron chi connectivity index (χ0n) is 19.8. The van der Waals surface area contributed by atoms with Gasteiger partial charge in [0, 0.05) is 34.6 Å². The predicted molar refractivity (Wildman–Crippen MR) is 133 cm³/mol. The molecule has 0 amide bonds. The maximum absolute atomic E-state index is 9.51. The third-order valence-electron chi connectivity index (χ3n) is 7.37. The van der Waals surface area contributed by atoms with Crippen molar-refractivity contribution in [3.05, 3.63) is 59.5 Å². The minimum Gasteiger partial charge on any atom is -0.395 e. The molecule has 0 spiro atoms. The number of hydrogen-bond acceptors (Lipinski definition) is 4. The number of aliphatic hydroxyl groups excluding tert-OH is 2. The van der Waals surface area contributed by atoms with Gasteiger partial charge in [0.05, 0.1) is 24.9 Å². The molecule has 33 heavy (non-hydrogen) atoms. The number of aliphatic hydroxyl groups is 2. The number of aryl methyl sites for hydroxylation is 1. The molecule has 1 aliphatic heterocycles. The van der Waals surface area contributed by atoms with Crippen LogP contribution >= 0.6 is 0 Å². The average molecular weight is 447 g/mol. The van der Waals surface area contributed by atoms with Crippen LogP contribution in [0.15, 0.2) is 42.7 Å². The molecule has 1 aliphatic rings. The fraction of sp³-hybridized carbons (Fsp3) is 0.444. The number of aromatic amines is 1. The molecule has 6 heteroatoms. The van der Waals surface area contributed by atoms with E-state index in [0.29, 0.717) is 11.8 Å². The normalized spacial score (nSPS) is 16.1. The van der Waals surface area contributed by atoms with Crippen LogP contribution in [-0.4, -0.2) is 61.8 Å². The topological polar surface area (TPSA) is 76.8 Å². The first-order valence-electron chi connectivity index (χ1n) is 12.1. The summed E-state index contributed by atoms with van der Waals surface area (Å²) in [7, 11) is 0. The quantitative estimate of drug-likeness (QED) is 0.409. The van der Waals surface area contributed by atoms with Crippen LogP contribution in [0, 0.1) is 6.92 Å². The van der Waals surface area contributed by atoms with Gasteiger partial charge in [0.2, 0.25) is 0 Å². The van der Waals surface area contributed by atoms with Crippen molar-refractivity contribution in [2.45, 2.75) is 51.5 Å². The summed E-state index contributed by atoms with van der Waals surface area (Å²) >= 11 is 0. The second-order valence-corrected chi connectivity index (χ2v) is 9.74. The molecule has 3 N–H and O–H groups in total. The number of pyridine rings is 1. The molecule has 0 bridgehead atoms.